The minimum absolute atomic E-state index is 0.0221. The third kappa shape index (κ3) is 4.86. The highest BCUT2D eigenvalue weighted by atomic mass is 35.5. The van der Waals surface area contributed by atoms with Crippen LogP contribution in [0.3, 0.4) is 0 Å². The number of rotatable bonds is 4. The Hall–Kier alpha value is -1.79. The van der Waals surface area contributed by atoms with Crippen molar-refractivity contribution < 1.29 is 14.3 Å². The van der Waals surface area contributed by atoms with Crippen molar-refractivity contribution in [3.63, 3.8) is 0 Å². The molecule has 2 amide bonds. The van der Waals surface area contributed by atoms with Gasteiger partial charge < -0.3 is 19.9 Å². The first-order valence-corrected chi connectivity index (χ1v) is 9.15. The molecule has 0 radical (unpaired) electrons. The van der Waals surface area contributed by atoms with Gasteiger partial charge in [-0.05, 0) is 31.0 Å². The van der Waals surface area contributed by atoms with Gasteiger partial charge in [0.2, 0.25) is 11.8 Å². The molecule has 3 rings (SSSR count). The van der Waals surface area contributed by atoms with E-state index >= 15 is 0 Å². The monoisotopic (exact) mass is 365 g/mol. The fraction of sp³-hybridized carbons (Fsp3) is 0.556. The molecule has 0 atom stereocenters. The largest absolute Gasteiger partial charge is 0.381 e. The molecular weight excluding hydrogens is 342 g/mol. The van der Waals surface area contributed by atoms with Crippen LogP contribution in [0.1, 0.15) is 12.8 Å². The predicted molar refractivity (Wildman–Crippen MR) is 96.8 cm³/mol. The van der Waals surface area contributed by atoms with Gasteiger partial charge in [0.25, 0.3) is 0 Å². The number of hydrogen-bond acceptors (Lipinski definition) is 4. The summed E-state index contributed by atoms with van der Waals surface area (Å²) in [5, 5.41) is 3.50. The Morgan fingerprint density at radius 2 is 1.88 bits per heavy atom. The zero-order valence-corrected chi connectivity index (χ0v) is 15.0. The maximum atomic E-state index is 12.3. The summed E-state index contributed by atoms with van der Waals surface area (Å²) in [5.74, 6) is -0.0819. The van der Waals surface area contributed by atoms with Gasteiger partial charge in [-0.25, -0.2) is 0 Å². The quantitative estimate of drug-likeness (QED) is 0.879. The zero-order chi connectivity index (χ0) is 17.6. The smallest absolute Gasteiger partial charge is 0.242 e. The molecule has 136 valence electrons. The second-order valence-corrected chi connectivity index (χ2v) is 6.89. The van der Waals surface area contributed by atoms with E-state index in [0.29, 0.717) is 31.3 Å². The Labute approximate surface area is 153 Å². The van der Waals surface area contributed by atoms with Crippen molar-refractivity contribution in [1.82, 2.24) is 10.2 Å². The summed E-state index contributed by atoms with van der Waals surface area (Å²) in [6.07, 6.45) is 1.47. The topological polar surface area (TPSA) is 61.9 Å². The molecule has 2 saturated heterocycles. The first kappa shape index (κ1) is 18.0. The highest BCUT2D eigenvalue weighted by Crippen LogP contribution is 2.20. The molecule has 0 saturated carbocycles. The van der Waals surface area contributed by atoms with Gasteiger partial charge >= 0.3 is 0 Å². The molecule has 1 aromatic rings. The van der Waals surface area contributed by atoms with E-state index in [0.717, 1.165) is 31.6 Å². The fourth-order valence-corrected chi connectivity index (χ4v) is 3.45. The number of hydrogen-bond donors (Lipinski definition) is 1. The Kier molecular flexibility index (Phi) is 6.15. The second-order valence-electron chi connectivity index (χ2n) is 6.45. The van der Waals surface area contributed by atoms with Crippen LogP contribution in [-0.2, 0) is 14.3 Å². The van der Waals surface area contributed by atoms with Crippen LogP contribution in [0.2, 0.25) is 5.02 Å². The van der Waals surface area contributed by atoms with Crippen LogP contribution in [0.5, 0.6) is 0 Å². The molecule has 0 aromatic heterocycles. The second kappa shape index (κ2) is 8.54. The van der Waals surface area contributed by atoms with Crippen molar-refractivity contribution in [2.45, 2.75) is 12.8 Å². The van der Waals surface area contributed by atoms with Gasteiger partial charge in [0.15, 0.2) is 0 Å². The SMILES string of the molecule is O=C(NCC(=O)N1CCN(c2cccc(Cl)c2)CC1)C1CCOCC1. The van der Waals surface area contributed by atoms with Gasteiger partial charge in [-0.15, -0.1) is 0 Å². The molecule has 6 nitrogen and oxygen atoms in total. The van der Waals surface area contributed by atoms with Crippen LogP contribution in [0.15, 0.2) is 24.3 Å². The van der Waals surface area contributed by atoms with Crippen LogP contribution in [0, 0.1) is 5.92 Å². The van der Waals surface area contributed by atoms with Crippen LogP contribution in [0.25, 0.3) is 0 Å². The third-order valence-corrected chi connectivity index (χ3v) is 5.05. The van der Waals surface area contributed by atoms with Crippen molar-refractivity contribution in [1.29, 1.82) is 0 Å². The Balaban J connectivity index is 1.43. The molecule has 7 heteroatoms. The molecule has 2 heterocycles. The number of halogens is 1. The van der Waals surface area contributed by atoms with Crippen molar-refractivity contribution in [2.75, 3.05) is 50.8 Å². The number of piperazine rings is 1. The van der Waals surface area contributed by atoms with Crippen LogP contribution >= 0.6 is 11.6 Å². The molecule has 2 fully saturated rings. The first-order chi connectivity index (χ1) is 12.1. The Bertz CT molecular complexity index is 611. The van der Waals surface area contributed by atoms with Crippen LogP contribution in [0.4, 0.5) is 5.69 Å². The number of carbonyl (C=O) groups is 2. The van der Waals surface area contributed by atoms with E-state index in [1.807, 2.05) is 29.2 Å². The van der Waals surface area contributed by atoms with E-state index in [9.17, 15) is 9.59 Å². The van der Waals surface area contributed by atoms with Gasteiger partial charge in [0.05, 0.1) is 6.54 Å². The standard InChI is InChI=1S/C18H24ClN3O3/c19-15-2-1-3-16(12-15)21-6-8-22(9-7-21)17(23)13-20-18(24)14-4-10-25-11-5-14/h1-3,12,14H,4-11,13H2,(H,20,24). The fourth-order valence-electron chi connectivity index (χ4n) is 3.27. The number of carbonyl (C=O) groups excluding carboxylic acids is 2. The van der Waals surface area contributed by atoms with E-state index in [1.165, 1.54) is 0 Å². The first-order valence-electron chi connectivity index (χ1n) is 8.77. The summed E-state index contributed by atoms with van der Waals surface area (Å²) in [6, 6.07) is 7.75. The summed E-state index contributed by atoms with van der Waals surface area (Å²) in [7, 11) is 0. The number of ether oxygens (including phenoxy) is 1. The van der Waals surface area contributed by atoms with Crippen molar-refractivity contribution in [2.24, 2.45) is 5.92 Å². The van der Waals surface area contributed by atoms with E-state index in [1.54, 1.807) is 0 Å². The summed E-state index contributed by atoms with van der Waals surface area (Å²) in [6.45, 7) is 4.15. The van der Waals surface area contributed by atoms with Crippen molar-refractivity contribution in [3.8, 4) is 0 Å². The number of nitrogens with zero attached hydrogens (tertiary/aromatic N) is 2. The highest BCUT2D eigenvalue weighted by Gasteiger charge is 2.24. The van der Waals surface area contributed by atoms with Crippen molar-refractivity contribution in [3.05, 3.63) is 29.3 Å². The number of amides is 2. The Morgan fingerprint density at radius 3 is 2.56 bits per heavy atom. The van der Waals surface area contributed by atoms with Gasteiger partial charge in [-0.1, -0.05) is 17.7 Å². The highest BCUT2D eigenvalue weighted by molar-refractivity contribution is 6.30. The molecule has 0 unspecified atom stereocenters. The van der Waals surface area contributed by atoms with E-state index in [4.69, 9.17) is 16.3 Å². The van der Waals surface area contributed by atoms with Crippen LogP contribution in [-0.4, -0.2) is 62.7 Å². The summed E-state index contributed by atoms with van der Waals surface area (Å²) >= 11 is 6.04. The normalized spacial score (nSPS) is 18.9. The maximum absolute atomic E-state index is 12.3. The summed E-state index contributed by atoms with van der Waals surface area (Å²) in [4.78, 5) is 28.5. The van der Waals surface area contributed by atoms with Gasteiger partial charge in [-0.2, -0.15) is 0 Å². The van der Waals surface area contributed by atoms with Gasteiger partial charge in [0.1, 0.15) is 0 Å². The van der Waals surface area contributed by atoms with Crippen molar-refractivity contribution >= 4 is 29.1 Å². The molecular formula is C18H24ClN3O3. The van der Waals surface area contributed by atoms with Gasteiger partial charge in [0, 0.05) is 56.0 Å². The number of benzene rings is 1. The number of nitrogens with one attached hydrogen (secondary N) is 1. The summed E-state index contributed by atoms with van der Waals surface area (Å²) < 4.78 is 5.26. The average Bonchev–Trinajstić information content (AvgIpc) is 2.66. The molecule has 0 bridgehead atoms. The lowest BCUT2D eigenvalue weighted by Crippen LogP contribution is -2.51. The van der Waals surface area contributed by atoms with E-state index < -0.39 is 0 Å². The molecule has 25 heavy (non-hydrogen) atoms. The van der Waals surface area contributed by atoms with E-state index in [2.05, 4.69) is 10.2 Å². The molecule has 2 aliphatic heterocycles. The molecule has 0 spiro atoms. The molecule has 0 aliphatic carbocycles. The average molecular weight is 366 g/mol. The minimum atomic E-state index is -0.0331. The van der Waals surface area contributed by atoms with Crippen LogP contribution < -0.4 is 10.2 Å². The Morgan fingerprint density at radius 1 is 1.16 bits per heavy atom. The molecule has 2 aliphatic rings. The van der Waals surface area contributed by atoms with Gasteiger partial charge in [-0.3, -0.25) is 9.59 Å². The maximum Gasteiger partial charge on any atom is 0.242 e. The lowest BCUT2D eigenvalue weighted by atomic mass is 9.99. The third-order valence-electron chi connectivity index (χ3n) is 4.81. The lowest BCUT2D eigenvalue weighted by molar-refractivity contribution is -0.135. The summed E-state index contributed by atoms with van der Waals surface area (Å²) in [5.41, 5.74) is 1.08. The van der Waals surface area contributed by atoms with E-state index in [-0.39, 0.29) is 24.3 Å². The minimum Gasteiger partial charge on any atom is -0.381 e. The molecule has 1 N–H and O–H groups in total. The predicted octanol–water partition coefficient (Wildman–Crippen LogP) is 1.53. The molecule has 1 aromatic carbocycles. The number of anilines is 1. The zero-order valence-electron chi connectivity index (χ0n) is 14.2. The lowest BCUT2D eigenvalue weighted by Gasteiger charge is -2.36.